The summed E-state index contributed by atoms with van der Waals surface area (Å²) in [6.45, 7) is 5.46. The van der Waals surface area contributed by atoms with Gasteiger partial charge in [0.1, 0.15) is 0 Å². The lowest BCUT2D eigenvalue weighted by molar-refractivity contribution is 0.0440. The Hall–Kier alpha value is -3.43. The molecule has 0 radical (unpaired) electrons. The smallest absolute Gasteiger partial charge is 0.339 e. The molecule has 29 heavy (non-hydrogen) atoms. The first kappa shape index (κ1) is 23.6. The number of carboxylic acid groups (broad SMARTS) is 1. The Kier molecular flexibility index (Phi) is 8.78. The van der Waals surface area contributed by atoms with Gasteiger partial charge in [0, 0.05) is 0 Å². The minimum Gasteiger partial charge on any atom is -0.478 e. The van der Waals surface area contributed by atoms with E-state index in [1.165, 1.54) is 27.7 Å². The predicted octanol–water partition coefficient (Wildman–Crippen LogP) is 2.09. The van der Waals surface area contributed by atoms with E-state index in [0.29, 0.717) is 0 Å². The molecule has 0 unspecified atom stereocenters. The van der Waals surface area contributed by atoms with Crippen LogP contribution in [-0.4, -0.2) is 61.4 Å². The molecule has 0 aliphatic carbocycles. The number of carbonyl (C=O) groups is 5. The molecule has 1 aromatic rings. The molecule has 0 aromatic heterocycles. The summed E-state index contributed by atoms with van der Waals surface area (Å²) in [7, 11) is 0. The first-order valence-electron chi connectivity index (χ1n) is 8.87. The van der Waals surface area contributed by atoms with Crippen LogP contribution in [0.15, 0.2) is 6.07 Å². The van der Waals surface area contributed by atoms with Crippen molar-refractivity contribution >= 4 is 29.8 Å². The van der Waals surface area contributed by atoms with Crippen molar-refractivity contribution in [3.8, 4) is 0 Å². The van der Waals surface area contributed by atoms with Gasteiger partial charge in [0.15, 0.2) is 0 Å². The average Bonchev–Trinajstić information content (AvgIpc) is 2.66. The van der Waals surface area contributed by atoms with Gasteiger partial charge < -0.3 is 24.1 Å². The van der Waals surface area contributed by atoms with Crippen LogP contribution in [0.25, 0.3) is 0 Å². The van der Waals surface area contributed by atoms with Crippen molar-refractivity contribution in [3.05, 3.63) is 33.9 Å². The van der Waals surface area contributed by atoms with Crippen molar-refractivity contribution in [1.82, 2.24) is 0 Å². The van der Waals surface area contributed by atoms with Gasteiger partial charge in [0.2, 0.25) is 0 Å². The Balaban J connectivity index is 4.09. The molecule has 10 nitrogen and oxygen atoms in total. The fraction of sp³-hybridized carbons (Fsp3) is 0.421. The molecule has 0 saturated heterocycles. The van der Waals surface area contributed by atoms with Crippen LogP contribution in [0.2, 0.25) is 0 Å². The predicted molar refractivity (Wildman–Crippen MR) is 97.2 cm³/mol. The lowest BCUT2D eigenvalue weighted by Gasteiger charge is -2.18. The van der Waals surface area contributed by atoms with Gasteiger partial charge in [-0.3, -0.25) is 0 Å². The number of esters is 4. The number of ether oxygens (including phenoxy) is 4. The second kappa shape index (κ2) is 10.8. The molecule has 0 amide bonds. The summed E-state index contributed by atoms with van der Waals surface area (Å²) in [6, 6.07) is 0.779. The van der Waals surface area contributed by atoms with E-state index in [0.717, 1.165) is 6.07 Å². The molecule has 1 N–H and O–H groups in total. The standard InChI is InChI=1S/C19H22O10/c1-5-26-16(22)11-9-10(15(20)21)12(17(23)27-6-2)14(19(25)29-8-4)13(11)18(24)28-7-3/h9H,5-8H2,1-4H3,(H,20,21). The van der Waals surface area contributed by atoms with Gasteiger partial charge in [-0.25, -0.2) is 24.0 Å². The van der Waals surface area contributed by atoms with E-state index in [9.17, 15) is 29.1 Å². The van der Waals surface area contributed by atoms with Crippen molar-refractivity contribution in [3.63, 3.8) is 0 Å². The second-order valence-corrected chi connectivity index (χ2v) is 5.28. The molecule has 0 heterocycles. The third-order valence-electron chi connectivity index (χ3n) is 3.49. The molecule has 0 fully saturated rings. The van der Waals surface area contributed by atoms with E-state index in [1.807, 2.05) is 0 Å². The Morgan fingerprint density at radius 3 is 1.34 bits per heavy atom. The Bertz CT molecular complexity index is 825. The van der Waals surface area contributed by atoms with Crippen molar-refractivity contribution in [1.29, 1.82) is 0 Å². The maximum Gasteiger partial charge on any atom is 0.339 e. The molecule has 10 heteroatoms. The number of aromatic carboxylic acids is 1. The molecule has 0 aliphatic heterocycles. The Morgan fingerprint density at radius 1 is 0.621 bits per heavy atom. The summed E-state index contributed by atoms with van der Waals surface area (Å²) in [5, 5.41) is 9.56. The molecule has 0 spiro atoms. The average molecular weight is 410 g/mol. The zero-order valence-electron chi connectivity index (χ0n) is 16.5. The van der Waals surface area contributed by atoms with E-state index < -0.39 is 57.7 Å². The highest BCUT2D eigenvalue weighted by molar-refractivity contribution is 6.18. The van der Waals surface area contributed by atoms with E-state index in [-0.39, 0.29) is 26.4 Å². The van der Waals surface area contributed by atoms with Gasteiger partial charge in [-0.1, -0.05) is 0 Å². The van der Waals surface area contributed by atoms with Crippen molar-refractivity contribution in [2.75, 3.05) is 26.4 Å². The van der Waals surface area contributed by atoms with Crippen molar-refractivity contribution in [2.45, 2.75) is 27.7 Å². The van der Waals surface area contributed by atoms with Crippen molar-refractivity contribution < 1.29 is 48.0 Å². The van der Waals surface area contributed by atoms with E-state index in [2.05, 4.69) is 0 Å². The van der Waals surface area contributed by atoms with Crippen LogP contribution >= 0.6 is 0 Å². The second-order valence-electron chi connectivity index (χ2n) is 5.28. The third kappa shape index (κ3) is 5.31. The van der Waals surface area contributed by atoms with Crippen LogP contribution in [0, 0.1) is 0 Å². The zero-order chi connectivity index (χ0) is 22.1. The van der Waals surface area contributed by atoms with Gasteiger partial charge in [-0.05, 0) is 33.8 Å². The van der Waals surface area contributed by atoms with Crippen LogP contribution in [0.5, 0.6) is 0 Å². The van der Waals surface area contributed by atoms with Crippen LogP contribution in [0.4, 0.5) is 0 Å². The molecular formula is C19H22O10. The minimum atomic E-state index is -1.63. The Morgan fingerprint density at radius 2 is 0.966 bits per heavy atom. The number of hydrogen-bond acceptors (Lipinski definition) is 9. The summed E-state index contributed by atoms with van der Waals surface area (Å²) < 4.78 is 19.5. The van der Waals surface area contributed by atoms with Crippen LogP contribution in [0.1, 0.15) is 79.5 Å². The number of carbonyl (C=O) groups excluding carboxylic acids is 4. The van der Waals surface area contributed by atoms with Gasteiger partial charge in [0.25, 0.3) is 0 Å². The lowest BCUT2D eigenvalue weighted by atomic mass is 9.90. The van der Waals surface area contributed by atoms with E-state index in [4.69, 9.17) is 18.9 Å². The monoisotopic (exact) mass is 410 g/mol. The number of benzene rings is 1. The fourth-order valence-electron chi connectivity index (χ4n) is 2.46. The Labute approximate surface area is 166 Å². The topological polar surface area (TPSA) is 143 Å². The molecule has 0 saturated carbocycles. The van der Waals surface area contributed by atoms with Gasteiger partial charge in [-0.15, -0.1) is 0 Å². The highest BCUT2D eigenvalue weighted by atomic mass is 16.5. The van der Waals surface area contributed by atoms with Crippen LogP contribution < -0.4 is 0 Å². The summed E-state index contributed by atoms with van der Waals surface area (Å²) in [5.41, 5.74) is -3.33. The molecular weight excluding hydrogens is 388 g/mol. The van der Waals surface area contributed by atoms with Gasteiger partial charge in [-0.2, -0.15) is 0 Å². The summed E-state index contributed by atoms with van der Waals surface area (Å²) in [4.78, 5) is 61.9. The van der Waals surface area contributed by atoms with Gasteiger partial charge >= 0.3 is 29.8 Å². The number of carboxylic acids is 1. The quantitative estimate of drug-likeness (QED) is 0.475. The maximum absolute atomic E-state index is 12.6. The summed E-state index contributed by atoms with van der Waals surface area (Å²) in [6.07, 6.45) is 0. The van der Waals surface area contributed by atoms with Crippen molar-refractivity contribution in [2.24, 2.45) is 0 Å². The summed E-state index contributed by atoms with van der Waals surface area (Å²) in [5.74, 6) is -6.18. The van der Waals surface area contributed by atoms with Crippen LogP contribution in [0.3, 0.4) is 0 Å². The first-order chi connectivity index (χ1) is 13.7. The lowest BCUT2D eigenvalue weighted by Crippen LogP contribution is -2.26. The summed E-state index contributed by atoms with van der Waals surface area (Å²) >= 11 is 0. The van der Waals surface area contributed by atoms with Gasteiger partial charge in [0.05, 0.1) is 54.2 Å². The molecule has 1 rings (SSSR count). The minimum absolute atomic E-state index is 0.0854. The van der Waals surface area contributed by atoms with E-state index >= 15 is 0 Å². The maximum atomic E-state index is 12.6. The molecule has 158 valence electrons. The number of rotatable bonds is 9. The zero-order valence-corrected chi connectivity index (χ0v) is 16.5. The highest BCUT2D eigenvalue weighted by Crippen LogP contribution is 2.28. The SMILES string of the molecule is CCOC(=O)c1cc(C(=O)O)c(C(=O)OCC)c(C(=O)OCC)c1C(=O)OCC. The first-order valence-corrected chi connectivity index (χ1v) is 8.87. The molecule has 0 aliphatic rings. The molecule has 0 bridgehead atoms. The fourth-order valence-corrected chi connectivity index (χ4v) is 2.46. The molecule has 0 atom stereocenters. The van der Waals surface area contributed by atoms with Crippen LogP contribution in [-0.2, 0) is 18.9 Å². The normalized spacial score (nSPS) is 10.1. The van der Waals surface area contributed by atoms with E-state index in [1.54, 1.807) is 0 Å². The third-order valence-corrected chi connectivity index (χ3v) is 3.49. The molecule has 1 aromatic carbocycles. The highest BCUT2D eigenvalue weighted by Gasteiger charge is 2.36. The number of hydrogen-bond donors (Lipinski definition) is 1. The largest absolute Gasteiger partial charge is 0.478 e.